The van der Waals surface area contributed by atoms with E-state index in [9.17, 15) is 72.9 Å². The van der Waals surface area contributed by atoms with Crippen molar-refractivity contribution in [3.8, 4) is 11.8 Å². The first kappa shape index (κ1) is 32.9. The molecule has 0 aromatic heterocycles. The summed E-state index contributed by atoms with van der Waals surface area (Å²) in [4.78, 5) is 19.3. The van der Waals surface area contributed by atoms with Gasteiger partial charge in [0.1, 0.15) is 18.2 Å². The zero-order valence-electron chi connectivity index (χ0n) is 19.2. The van der Waals surface area contributed by atoms with E-state index >= 15 is 0 Å². The second kappa shape index (κ2) is 11.3. The third-order valence-electron chi connectivity index (χ3n) is 4.98. The molecule has 0 radical (unpaired) electrons. The highest BCUT2D eigenvalue weighted by atomic mass is 19.4. The molecule has 21 heteroatoms. The minimum Gasteiger partial charge on any atom is -0.481 e. The average molecular weight is 615 g/mol. The summed E-state index contributed by atoms with van der Waals surface area (Å²) in [6.07, 6.45) is 0. The van der Waals surface area contributed by atoms with Crippen LogP contribution in [-0.2, 0) is 11.3 Å². The van der Waals surface area contributed by atoms with Gasteiger partial charge in [-0.3, -0.25) is 20.2 Å². The van der Waals surface area contributed by atoms with E-state index in [-0.39, 0.29) is 0 Å². The summed E-state index contributed by atoms with van der Waals surface area (Å²) in [6, 6.07) is 2.05. The lowest BCUT2D eigenvalue weighted by Gasteiger charge is -2.36. The molecule has 0 bridgehead atoms. The van der Waals surface area contributed by atoms with Crippen molar-refractivity contribution >= 4 is 11.4 Å². The molecule has 0 saturated carbocycles. The molecule has 0 unspecified atom stereocenters. The fourth-order valence-electron chi connectivity index (χ4n) is 2.89. The number of benzene rings is 2. The van der Waals surface area contributed by atoms with Crippen molar-refractivity contribution in [3.05, 3.63) is 72.8 Å². The average Bonchev–Trinajstić information content (AvgIpc) is 2.87. The van der Waals surface area contributed by atoms with Crippen LogP contribution in [0.4, 0.5) is 64.1 Å². The Kier molecular flexibility index (Phi) is 9.03. The summed E-state index contributed by atoms with van der Waals surface area (Å²) >= 11 is 0. The lowest BCUT2D eigenvalue weighted by molar-refractivity contribution is -0.394. The maximum atomic E-state index is 14.1. The van der Waals surface area contributed by atoms with Crippen LogP contribution >= 0.6 is 0 Å². The summed E-state index contributed by atoms with van der Waals surface area (Å²) in [5, 5.41) is 30.0. The van der Waals surface area contributed by atoms with E-state index in [1.807, 2.05) is 0 Å². The molecule has 0 saturated heterocycles. The van der Waals surface area contributed by atoms with Gasteiger partial charge < -0.3 is 9.47 Å². The molecule has 2 aromatic carbocycles. The fraction of sp³-hybridized carbons (Fsp3) is 0.350. The van der Waals surface area contributed by atoms with Crippen molar-refractivity contribution < 1.29 is 72.0 Å². The van der Waals surface area contributed by atoms with Gasteiger partial charge in [0.05, 0.1) is 22.5 Å². The molecule has 0 N–H and O–H groups in total. The molecular weight excluding hydrogens is 606 g/mol. The van der Waals surface area contributed by atoms with Gasteiger partial charge in [-0.05, 0) is 5.56 Å². The smallest absolute Gasteiger partial charge is 0.381 e. The van der Waals surface area contributed by atoms with Crippen LogP contribution in [0, 0.1) is 54.8 Å². The third kappa shape index (κ3) is 6.06. The monoisotopic (exact) mass is 615 g/mol. The predicted octanol–water partition coefficient (Wildman–Crippen LogP) is 6.07. The molecule has 41 heavy (non-hydrogen) atoms. The highest BCUT2D eigenvalue weighted by molar-refractivity contribution is 5.46. The molecule has 224 valence electrons. The molecule has 2 aromatic rings. The molecule has 0 aliphatic rings. The standard InChI is InChI=1S/C20H9F12N3O6/c21-12-11(4-33)13(22)15(24)16(14(12)23)41-7-18(27,28)20(31,32)19(29,30)17(25,26)6-40-5-8-1-9(34(36)37)3-10(2-8)35(38)39/h1-3H,5-7H2. The Balaban J connectivity index is 2.26. The Morgan fingerprint density at radius 3 is 1.54 bits per heavy atom. The SMILES string of the molecule is N#Cc1c(F)c(F)c(OCC(F)(F)C(F)(F)C(F)(F)C(F)(F)COCc2cc([N+](=O)[O-])cc([N+](=O)[O-])c2)c(F)c1F. The van der Waals surface area contributed by atoms with Crippen molar-refractivity contribution in [1.82, 2.24) is 0 Å². The van der Waals surface area contributed by atoms with Crippen LogP contribution in [0.3, 0.4) is 0 Å². The largest absolute Gasteiger partial charge is 0.481 e. The topological polar surface area (TPSA) is 129 Å². The number of non-ortho nitro benzene ring substituents is 2. The molecule has 0 atom stereocenters. The van der Waals surface area contributed by atoms with Gasteiger partial charge in [-0.2, -0.15) is 49.2 Å². The Labute approximate surface area is 217 Å². The first-order chi connectivity index (χ1) is 18.6. The summed E-state index contributed by atoms with van der Waals surface area (Å²) < 4.78 is 174. The number of nitrogens with zero attached hydrogens (tertiary/aromatic N) is 3. The van der Waals surface area contributed by atoms with E-state index < -0.39 is 105 Å². The summed E-state index contributed by atoms with van der Waals surface area (Å²) in [5.41, 5.74) is -4.58. The van der Waals surface area contributed by atoms with Gasteiger partial charge in [0, 0.05) is 12.1 Å². The number of nitro benzene ring substituents is 2. The molecule has 0 fully saturated rings. The molecule has 0 spiro atoms. The molecule has 9 nitrogen and oxygen atoms in total. The molecule has 0 aliphatic heterocycles. The van der Waals surface area contributed by atoms with E-state index in [4.69, 9.17) is 5.26 Å². The zero-order valence-corrected chi connectivity index (χ0v) is 19.2. The third-order valence-corrected chi connectivity index (χ3v) is 4.98. The minimum atomic E-state index is -7.12. The first-order valence-corrected chi connectivity index (χ1v) is 10.0. The number of nitriles is 1. The van der Waals surface area contributed by atoms with Crippen molar-refractivity contribution in [2.24, 2.45) is 0 Å². The molecule has 2 rings (SSSR count). The summed E-state index contributed by atoms with van der Waals surface area (Å²) in [7, 11) is 0. The Morgan fingerprint density at radius 2 is 1.15 bits per heavy atom. The van der Waals surface area contributed by atoms with Gasteiger partial charge in [0.25, 0.3) is 11.4 Å². The van der Waals surface area contributed by atoms with Crippen molar-refractivity contribution in [3.63, 3.8) is 0 Å². The van der Waals surface area contributed by atoms with Crippen molar-refractivity contribution in [2.45, 2.75) is 30.3 Å². The molecular formula is C20H9F12N3O6. The number of hydrogen-bond acceptors (Lipinski definition) is 7. The van der Waals surface area contributed by atoms with E-state index in [0.717, 1.165) is 0 Å². The molecule has 0 heterocycles. The van der Waals surface area contributed by atoms with Gasteiger partial charge >= 0.3 is 23.7 Å². The summed E-state index contributed by atoms with van der Waals surface area (Å²) in [6.45, 7) is -7.41. The maximum absolute atomic E-state index is 14.1. The van der Waals surface area contributed by atoms with Crippen LogP contribution in [0.5, 0.6) is 5.75 Å². The van der Waals surface area contributed by atoms with Gasteiger partial charge in [-0.1, -0.05) is 0 Å². The Morgan fingerprint density at radius 1 is 0.732 bits per heavy atom. The van der Waals surface area contributed by atoms with Gasteiger partial charge in [0.15, 0.2) is 24.0 Å². The molecule has 0 amide bonds. The van der Waals surface area contributed by atoms with E-state index in [0.29, 0.717) is 24.3 Å². The first-order valence-electron chi connectivity index (χ1n) is 10.0. The van der Waals surface area contributed by atoms with Gasteiger partial charge in [0.2, 0.25) is 11.6 Å². The van der Waals surface area contributed by atoms with Crippen molar-refractivity contribution in [1.29, 1.82) is 5.26 Å². The second-order valence-corrected chi connectivity index (χ2v) is 7.78. The number of alkyl halides is 8. The van der Waals surface area contributed by atoms with Gasteiger partial charge in [-0.25, -0.2) is 8.78 Å². The van der Waals surface area contributed by atoms with Crippen molar-refractivity contribution in [2.75, 3.05) is 13.2 Å². The van der Waals surface area contributed by atoms with E-state index in [1.54, 1.807) is 0 Å². The van der Waals surface area contributed by atoms with Crippen LogP contribution in [0.15, 0.2) is 18.2 Å². The van der Waals surface area contributed by atoms with Crippen LogP contribution in [0.1, 0.15) is 11.1 Å². The van der Waals surface area contributed by atoms with Crippen LogP contribution < -0.4 is 4.74 Å². The van der Waals surface area contributed by atoms with E-state index in [1.165, 1.54) is 0 Å². The molecule has 0 aliphatic carbocycles. The lowest BCUT2D eigenvalue weighted by Crippen LogP contribution is -2.64. The number of nitro groups is 2. The van der Waals surface area contributed by atoms with Gasteiger partial charge in [-0.15, -0.1) is 0 Å². The lowest BCUT2D eigenvalue weighted by atomic mass is 9.99. The number of halogens is 12. The maximum Gasteiger partial charge on any atom is 0.381 e. The fourth-order valence-corrected chi connectivity index (χ4v) is 2.89. The Bertz CT molecular complexity index is 1350. The zero-order chi connectivity index (χ0) is 31.7. The van der Waals surface area contributed by atoms with E-state index in [2.05, 4.69) is 9.47 Å². The Hall–Kier alpha value is -4.35. The minimum absolute atomic E-state index is 0.412. The predicted molar refractivity (Wildman–Crippen MR) is 106 cm³/mol. The normalized spacial score (nSPS) is 12.7. The number of hydrogen-bond donors (Lipinski definition) is 0. The van der Waals surface area contributed by atoms with Crippen LogP contribution in [0.25, 0.3) is 0 Å². The number of rotatable bonds is 12. The second-order valence-electron chi connectivity index (χ2n) is 7.78. The van der Waals surface area contributed by atoms with Crippen LogP contribution in [0.2, 0.25) is 0 Å². The summed E-state index contributed by atoms with van der Waals surface area (Å²) in [5.74, 6) is -39.8. The quantitative estimate of drug-likeness (QED) is 0.123. The van der Waals surface area contributed by atoms with Crippen LogP contribution in [-0.4, -0.2) is 46.8 Å². The number of ether oxygens (including phenoxy) is 2. The highest BCUT2D eigenvalue weighted by Gasteiger charge is 2.80. The highest BCUT2D eigenvalue weighted by Crippen LogP contribution is 2.53.